The highest BCUT2D eigenvalue weighted by Crippen LogP contribution is 2.35. The van der Waals surface area contributed by atoms with Crippen LogP contribution < -0.4 is 0 Å². The summed E-state index contributed by atoms with van der Waals surface area (Å²) in [5.41, 5.74) is 0.504. The van der Waals surface area contributed by atoms with Crippen molar-refractivity contribution in [2.45, 2.75) is 43.9 Å². The van der Waals surface area contributed by atoms with E-state index in [0.29, 0.717) is 17.6 Å². The van der Waals surface area contributed by atoms with Crippen LogP contribution >= 0.6 is 0 Å². The van der Waals surface area contributed by atoms with Crippen LogP contribution in [0.25, 0.3) is 0 Å². The van der Waals surface area contributed by atoms with Gasteiger partial charge in [0.1, 0.15) is 11.9 Å². The first kappa shape index (κ1) is 12.5. The molecule has 1 aromatic rings. The van der Waals surface area contributed by atoms with E-state index >= 15 is 0 Å². The number of phenols is 1. The van der Waals surface area contributed by atoms with Crippen LogP contribution in [0.5, 0.6) is 5.75 Å². The molecule has 2 atom stereocenters. The van der Waals surface area contributed by atoms with Gasteiger partial charge in [-0.3, -0.25) is 0 Å². The van der Waals surface area contributed by atoms with Crippen LogP contribution in [0.4, 0.5) is 0 Å². The van der Waals surface area contributed by atoms with E-state index in [4.69, 9.17) is 4.74 Å². The van der Waals surface area contributed by atoms with E-state index in [1.807, 2.05) is 0 Å². The zero-order valence-corrected chi connectivity index (χ0v) is 11.1. The summed E-state index contributed by atoms with van der Waals surface area (Å²) >= 11 is 0. The molecule has 4 nitrogen and oxygen atoms in total. The third-order valence-electron chi connectivity index (χ3n) is 4.43. The summed E-state index contributed by atoms with van der Waals surface area (Å²) in [7, 11) is 2.17. The van der Waals surface area contributed by atoms with Gasteiger partial charge in [-0.25, -0.2) is 4.79 Å². The molecule has 2 heterocycles. The maximum absolute atomic E-state index is 12.0. The molecule has 19 heavy (non-hydrogen) atoms. The quantitative estimate of drug-likeness (QED) is 0.829. The van der Waals surface area contributed by atoms with Gasteiger partial charge in [-0.05, 0) is 44.2 Å². The number of aromatic hydroxyl groups is 1. The Hall–Kier alpha value is -1.55. The third-order valence-corrected chi connectivity index (χ3v) is 4.43. The Labute approximate surface area is 113 Å². The van der Waals surface area contributed by atoms with E-state index in [2.05, 4.69) is 11.9 Å². The molecule has 2 saturated heterocycles. The molecule has 2 aliphatic heterocycles. The summed E-state index contributed by atoms with van der Waals surface area (Å²) < 4.78 is 5.60. The molecule has 2 unspecified atom stereocenters. The molecule has 1 N–H and O–H groups in total. The molecular weight excluding hydrogens is 242 g/mol. The molecule has 0 saturated carbocycles. The lowest BCUT2D eigenvalue weighted by molar-refractivity contribution is -0.000447. The van der Waals surface area contributed by atoms with Crippen LogP contribution in [0.1, 0.15) is 36.0 Å². The average Bonchev–Trinajstić information content (AvgIpc) is 2.63. The Morgan fingerprint density at radius 3 is 2.37 bits per heavy atom. The molecule has 2 aliphatic rings. The van der Waals surface area contributed by atoms with Gasteiger partial charge in [0.25, 0.3) is 0 Å². The van der Waals surface area contributed by atoms with Crippen molar-refractivity contribution in [3.63, 3.8) is 0 Å². The van der Waals surface area contributed by atoms with Gasteiger partial charge in [0, 0.05) is 24.9 Å². The lowest BCUT2D eigenvalue weighted by Gasteiger charge is -2.35. The summed E-state index contributed by atoms with van der Waals surface area (Å²) in [6, 6.07) is 7.35. The van der Waals surface area contributed by atoms with Crippen molar-refractivity contribution in [3.05, 3.63) is 29.8 Å². The van der Waals surface area contributed by atoms with Gasteiger partial charge in [0.2, 0.25) is 0 Å². The first-order valence-electron chi connectivity index (χ1n) is 6.85. The molecule has 3 rings (SSSR count). The fourth-order valence-corrected chi connectivity index (χ4v) is 3.27. The van der Waals surface area contributed by atoms with Crippen molar-refractivity contribution in [2.24, 2.45) is 0 Å². The van der Waals surface area contributed by atoms with Crippen molar-refractivity contribution in [1.29, 1.82) is 0 Å². The topological polar surface area (TPSA) is 49.8 Å². The van der Waals surface area contributed by atoms with Gasteiger partial charge in [-0.15, -0.1) is 0 Å². The highest BCUT2D eigenvalue weighted by Gasteiger charge is 2.39. The van der Waals surface area contributed by atoms with Crippen LogP contribution in [-0.4, -0.2) is 41.2 Å². The van der Waals surface area contributed by atoms with Crippen molar-refractivity contribution < 1.29 is 14.6 Å². The Bertz CT molecular complexity index is 457. The molecule has 2 bridgehead atoms. The second-order valence-electron chi connectivity index (χ2n) is 5.60. The minimum atomic E-state index is -0.283. The highest BCUT2D eigenvalue weighted by atomic mass is 16.5. The molecule has 0 spiro atoms. The van der Waals surface area contributed by atoms with Crippen LogP contribution in [0, 0.1) is 0 Å². The Balaban J connectivity index is 1.63. The molecule has 102 valence electrons. The van der Waals surface area contributed by atoms with Gasteiger partial charge in [0.15, 0.2) is 0 Å². The second kappa shape index (κ2) is 4.85. The number of hydrogen-bond acceptors (Lipinski definition) is 4. The van der Waals surface area contributed by atoms with E-state index in [1.165, 1.54) is 25.0 Å². The Morgan fingerprint density at radius 1 is 1.21 bits per heavy atom. The highest BCUT2D eigenvalue weighted by molar-refractivity contribution is 5.89. The molecular formula is C15H19NO3. The zero-order chi connectivity index (χ0) is 13.4. The maximum atomic E-state index is 12.0. The molecule has 0 amide bonds. The molecule has 2 fully saturated rings. The van der Waals surface area contributed by atoms with Gasteiger partial charge in [-0.2, -0.15) is 0 Å². The Morgan fingerprint density at radius 2 is 1.79 bits per heavy atom. The monoisotopic (exact) mass is 261 g/mol. The third kappa shape index (κ3) is 2.45. The predicted molar refractivity (Wildman–Crippen MR) is 71.1 cm³/mol. The van der Waals surface area contributed by atoms with Crippen LogP contribution in [0.15, 0.2) is 24.3 Å². The summed E-state index contributed by atoms with van der Waals surface area (Å²) in [5.74, 6) is -0.122. The zero-order valence-electron chi connectivity index (χ0n) is 11.1. The van der Waals surface area contributed by atoms with Crippen LogP contribution in [-0.2, 0) is 4.74 Å². The first-order chi connectivity index (χ1) is 9.13. The molecule has 0 aliphatic carbocycles. The van der Waals surface area contributed by atoms with E-state index in [1.54, 1.807) is 12.1 Å². The normalized spacial score (nSPS) is 30.3. The van der Waals surface area contributed by atoms with Crippen molar-refractivity contribution >= 4 is 5.97 Å². The average molecular weight is 261 g/mol. The number of benzene rings is 1. The summed E-state index contributed by atoms with van der Waals surface area (Å²) in [6.45, 7) is 0. The second-order valence-corrected chi connectivity index (χ2v) is 5.60. The number of fused-ring (bicyclic) bond motifs is 2. The minimum absolute atomic E-state index is 0.0370. The standard InChI is InChI=1S/C15H19NO3/c1-16-11-4-5-12(16)9-14(8-11)19-15(18)10-2-6-13(17)7-3-10/h2-3,6-7,11-12,14,17H,4-5,8-9H2,1H3. The van der Waals surface area contributed by atoms with E-state index in [0.717, 1.165) is 12.8 Å². The smallest absolute Gasteiger partial charge is 0.338 e. The van der Waals surface area contributed by atoms with Gasteiger partial charge in [0.05, 0.1) is 5.56 Å². The van der Waals surface area contributed by atoms with Gasteiger partial charge >= 0.3 is 5.97 Å². The summed E-state index contributed by atoms with van der Waals surface area (Å²) in [4.78, 5) is 14.4. The fourth-order valence-electron chi connectivity index (χ4n) is 3.27. The van der Waals surface area contributed by atoms with Crippen molar-refractivity contribution in [2.75, 3.05) is 7.05 Å². The van der Waals surface area contributed by atoms with E-state index < -0.39 is 0 Å². The number of hydrogen-bond donors (Lipinski definition) is 1. The number of carbonyl (C=O) groups is 1. The molecule has 1 aromatic carbocycles. The SMILES string of the molecule is CN1C2CCC1CC(OC(=O)c1ccc(O)cc1)C2. The van der Waals surface area contributed by atoms with E-state index in [9.17, 15) is 9.90 Å². The lowest BCUT2D eigenvalue weighted by Crippen LogP contribution is -2.43. The molecule has 0 aromatic heterocycles. The lowest BCUT2D eigenvalue weighted by atomic mass is 10.0. The molecule has 4 heteroatoms. The van der Waals surface area contributed by atoms with Crippen LogP contribution in [0.3, 0.4) is 0 Å². The summed E-state index contributed by atoms with van der Waals surface area (Å²) in [6.07, 6.45) is 4.35. The number of carbonyl (C=O) groups excluding carboxylic acids is 1. The van der Waals surface area contributed by atoms with Crippen molar-refractivity contribution in [3.8, 4) is 5.75 Å². The number of ether oxygens (including phenoxy) is 1. The van der Waals surface area contributed by atoms with Gasteiger partial charge in [-0.1, -0.05) is 0 Å². The number of nitrogens with zero attached hydrogens (tertiary/aromatic N) is 1. The van der Waals surface area contributed by atoms with Crippen molar-refractivity contribution in [1.82, 2.24) is 4.90 Å². The van der Waals surface area contributed by atoms with E-state index in [-0.39, 0.29) is 17.8 Å². The number of esters is 1. The minimum Gasteiger partial charge on any atom is -0.508 e. The number of piperidine rings is 1. The number of rotatable bonds is 2. The largest absolute Gasteiger partial charge is 0.508 e. The predicted octanol–water partition coefficient (Wildman–Crippen LogP) is 2.17. The molecule has 0 radical (unpaired) electrons. The maximum Gasteiger partial charge on any atom is 0.338 e. The fraction of sp³-hybridized carbons (Fsp3) is 0.533. The Kier molecular flexibility index (Phi) is 3.19. The summed E-state index contributed by atoms with van der Waals surface area (Å²) in [5, 5.41) is 9.21. The van der Waals surface area contributed by atoms with Gasteiger partial charge < -0.3 is 14.7 Å². The number of phenolic OH excluding ortho intramolecular Hbond substituents is 1. The van der Waals surface area contributed by atoms with Crippen LogP contribution in [0.2, 0.25) is 0 Å². The first-order valence-corrected chi connectivity index (χ1v) is 6.85.